The molecule has 0 unspecified atom stereocenters. The molecule has 0 radical (unpaired) electrons. The molecule has 100 valence electrons. The largest absolute Gasteiger partial charge is 0.477 e. The fourth-order valence-corrected chi connectivity index (χ4v) is 4.63. The summed E-state index contributed by atoms with van der Waals surface area (Å²) in [5, 5.41) is 8.80. The van der Waals surface area contributed by atoms with Gasteiger partial charge < -0.3 is 5.11 Å². The Kier molecular flexibility index (Phi) is 4.07. The highest BCUT2D eigenvalue weighted by atomic mass is 79.9. The molecule has 1 aromatic carbocycles. The molecule has 0 spiro atoms. The maximum atomic E-state index is 12.2. The zero-order valence-corrected chi connectivity index (χ0v) is 12.8. The van der Waals surface area contributed by atoms with Crippen LogP contribution in [0.5, 0.6) is 0 Å². The van der Waals surface area contributed by atoms with Gasteiger partial charge in [-0.05, 0) is 30.3 Å². The Morgan fingerprint density at radius 3 is 2.58 bits per heavy atom. The summed E-state index contributed by atoms with van der Waals surface area (Å²) < 4.78 is 25.0. The molecule has 0 saturated heterocycles. The van der Waals surface area contributed by atoms with Gasteiger partial charge in [0.05, 0.1) is 10.6 Å². The first-order valence-electron chi connectivity index (χ1n) is 5.19. The topological polar surface area (TPSA) is 71.4 Å². The molecule has 0 atom stereocenters. The third-order valence-electron chi connectivity index (χ3n) is 2.36. The van der Waals surface area contributed by atoms with Crippen LogP contribution < -0.4 is 0 Å². The smallest absolute Gasteiger partial charge is 0.345 e. The maximum Gasteiger partial charge on any atom is 0.345 e. The summed E-state index contributed by atoms with van der Waals surface area (Å²) in [4.78, 5) is 11.6. The van der Waals surface area contributed by atoms with E-state index in [4.69, 9.17) is 5.11 Å². The van der Waals surface area contributed by atoms with Crippen molar-refractivity contribution >= 4 is 43.1 Å². The van der Waals surface area contributed by atoms with E-state index in [1.165, 1.54) is 24.3 Å². The fraction of sp³-hybridized carbons (Fsp3) is 0.0833. The van der Waals surface area contributed by atoms with E-state index in [9.17, 15) is 13.2 Å². The van der Waals surface area contributed by atoms with Crippen LogP contribution in [0.4, 0.5) is 0 Å². The number of aromatic carboxylic acids is 1. The quantitative estimate of drug-likeness (QED) is 0.908. The predicted octanol–water partition coefficient (Wildman–Crippen LogP) is 3.18. The molecule has 1 heterocycles. The van der Waals surface area contributed by atoms with Gasteiger partial charge in [0.1, 0.15) is 4.88 Å². The number of thiophene rings is 1. The molecule has 4 nitrogen and oxygen atoms in total. The van der Waals surface area contributed by atoms with Crippen LogP contribution in [0, 0.1) is 0 Å². The first-order chi connectivity index (χ1) is 8.88. The Balaban J connectivity index is 2.28. The van der Waals surface area contributed by atoms with E-state index in [2.05, 4.69) is 15.9 Å². The highest BCUT2D eigenvalue weighted by molar-refractivity contribution is 9.10. The number of halogens is 1. The van der Waals surface area contributed by atoms with E-state index in [-0.39, 0.29) is 15.5 Å². The highest BCUT2D eigenvalue weighted by Gasteiger charge is 2.18. The van der Waals surface area contributed by atoms with Crippen molar-refractivity contribution in [2.24, 2.45) is 0 Å². The lowest BCUT2D eigenvalue weighted by atomic mass is 10.4. The van der Waals surface area contributed by atoms with Gasteiger partial charge in [-0.25, -0.2) is 13.2 Å². The van der Waals surface area contributed by atoms with E-state index < -0.39 is 15.8 Å². The first kappa shape index (κ1) is 14.2. The molecular formula is C12H9BrO4S2. The number of carbonyl (C=O) groups is 1. The molecule has 0 amide bonds. The summed E-state index contributed by atoms with van der Waals surface area (Å²) in [6.45, 7) is 0. The second-order valence-electron chi connectivity index (χ2n) is 3.79. The standard InChI is InChI=1S/C12H9BrO4S2/c13-8-2-1-3-10(6-8)19(16,17)7-9-4-5-11(18-9)12(14)15/h1-6H,7H2,(H,14,15). The van der Waals surface area contributed by atoms with Crippen molar-refractivity contribution < 1.29 is 18.3 Å². The minimum absolute atomic E-state index is 0.138. The van der Waals surface area contributed by atoms with Crippen LogP contribution in [0.2, 0.25) is 0 Å². The molecule has 2 rings (SSSR count). The van der Waals surface area contributed by atoms with Crippen LogP contribution in [0.25, 0.3) is 0 Å². The lowest BCUT2D eigenvalue weighted by molar-refractivity contribution is 0.0702. The lowest BCUT2D eigenvalue weighted by Gasteiger charge is -2.03. The Labute approximate surface area is 122 Å². The number of carboxylic acid groups (broad SMARTS) is 1. The van der Waals surface area contributed by atoms with Gasteiger partial charge in [-0.2, -0.15) is 0 Å². The van der Waals surface area contributed by atoms with Gasteiger partial charge in [0.25, 0.3) is 0 Å². The SMILES string of the molecule is O=C(O)c1ccc(CS(=O)(=O)c2cccc(Br)c2)s1. The summed E-state index contributed by atoms with van der Waals surface area (Å²) in [7, 11) is -3.46. The van der Waals surface area contributed by atoms with Crippen LogP contribution in [-0.2, 0) is 15.6 Å². The molecule has 2 aromatic rings. The molecule has 1 aromatic heterocycles. The van der Waals surface area contributed by atoms with Crippen molar-refractivity contribution in [3.8, 4) is 0 Å². The minimum atomic E-state index is -3.46. The molecule has 0 saturated carbocycles. The first-order valence-corrected chi connectivity index (χ1v) is 8.45. The van der Waals surface area contributed by atoms with Gasteiger partial charge in [0, 0.05) is 9.35 Å². The molecule has 19 heavy (non-hydrogen) atoms. The number of rotatable bonds is 4. The van der Waals surface area contributed by atoms with Crippen LogP contribution in [0.3, 0.4) is 0 Å². The van der Waals surface area contributed by atoms with Crippen molar-refractivity contribution in [3.63, 3.8) is 0 Å². The van der Waals surface area contributed by atoms with Crippen LogP contribution >= 0.6 is 27.3 Å². The Hall–Kier alpha value is -1.18. The highest BCUT2D eigenvalue weighted by Crippen LogP contribution is 2.24. The fourth-order valence-electron chi connectivity index (χ4n) is 1.50. The molecule has 0 bridgehead atoms. The molecule has 0 aliphatic carbocycles. The summed E-state index contributed by atoms with van der Waals surface area (Å²) in [5.74, 6) is -1.24. The summed E-state index contributed by atoms with van der Waals surface area (Å²) in [6, 6.07) is 9.38. The van der Waals surface area contributed by atoms with Gasteiger partial charge in [-0.3, -0.25) is 0 Å². The van der Waals surface area contributed by atoms with Crippen molar-refractivity contribution in [2.45, 2.75) is 10.6 Å². The predicted molar refractivity (Wildman–Crippen MR) is 76.3 cm³/mol. The summed E-state index contributed by atoms with van der Waals surface area (Å²) in [6.07, 6.45) is 0. The number of carboxylic acids is 1. The average Bonchev–Trinajstić information content (AvgIpc) is 2.77. The number of hydrogen-bond donors (Lipinski definition) is 1. The number of benzene rings is 1. The molecular weight excluding hydrogens is 352 g/mol. The number of sulfone groups is 1. The molecule has 7 heteroatoms. The van der Waals surface area contributed by atoms with E-state index in [0.717, 1.165) is 11.3 Å². The van der Waals surface area contributed by atoms with Gasteiger partial charge in [0.15, 0.2) is 9.84 Å². The zero-order valence-electron chi connectivity index (χ0n) is 9.54. The van der Waals surface area contributed by atoms with E-state index >= 15 is 0 Å². The Morgan fingerprint density at radius 2 is 2.00 bits per heavy atom. The van der Waals surface area contributed by atoms with E-state index in [0.29, 0.717) is 9.35 Å². The molecule has 0 aliphatic heterocycles. The Morgan fingerprint density at radius 1 is 1.26 bits per heavy atom. The lowest BCUT2D eigenvalue weighted by Crippen LogP contribution is -2.03. The second kappa shape index (κ2) is 5.44. The number of hydrogen-bond acceptors (Lipinski definition) is 4. The van der Waals surface area contributed by atoms with Gasteiger partial charge in [0.2, 0.25) is 0 Å². The molecule has 1 N–H and O–H groups in total. The average molecular weight is 361 g/mol. The van der Waals surface area contributed by atoms with E-state index in [1.807, 2.05) is 0 Å². The third kappa shape index (κ3) is 3.43. The van der Waals surface area contributed by atoms with Crippen molar-refractivity contribution in [2.75, 3.05) is 0 Å². The van der Waals surface area contributed by atoms with Crippen LogP contribution in [0.1, 0.15) is 14.5 Å². The normalized spacial score (nSPS) is 11.4. The van der Waals surface area contributed by atoms with Crippen LogP contribution in [0.15, 0.2) is 45.8 Å². The van der Waals surface area contributed by atoms with Crippen molar-refractivity contribution in [1.82, 2.24) is 0 Å². The minimum Gasteiger partial charge on any atom is -0.477 e. The van der Waals surface area contributed by atoms with Crippen molar-refractivity contribution in [1.29, 1.82) is 0 Å². The summed E-state index contributed by atoms with van der Waals surface area (Å²) >= 11 is 4.20. The summed E-state index contributed by atoms with van der Waals surface area (Å²) in [5.41, 5.74) is 0. The molecule has 0 fully saturated rings. The van der Waals surface area contributed by atoms with Crippen LogP contribution in [-0.4, -0.2) is 19.5 Å². The van der Waals surface area contributed by atoms with Crippen molar-refractivity contribution in [3.05, 3.63) is 50.6 Å². The van der Waals surface area contributed by atoms with E-state index in [1.54, 1.807) is 12.1 Å². The third-order valence-corrected chi connectivity index (χ3v) is 5.77. The Bertz CT molecular complexity index is 719. The second-order valence-corrected chi connectivity index (χ2v) is 7.86. The maximum absolute atomic E-state index is 12.2. The zero-order chi connectivity index (χ0) is 14.0. The van der Waals surface area contributed by atoms with Gasteiger partial charge in [-0.15, -0.1) is 11.3 Å². The molecule has 0 aliphatic rings. The van der Waals surface area contributed by atoms with Gasteiger partial charge in [-0.1, -0.05) is 22.0 Å². The monoisotopic (exact) mass is 360 g/mol. The van der Waals surface area contributed by atoms with Gasteiger partial charge >= 0.3 is 5.97 Å².